The largest absolute Gasteiger partial charge is 0.480 e. The lowest BCUT2D eigenvalue weighted by atomic mass is 9.66. The molecule has 7 heteroatoms. The summed E-state index contributed by atoms with van der Waals surface area (Å²) in [6, 6.07) is 16.4. The molecule has 2 amide bonds. The predicted octanol–water partition coefficient (Wildman–Crippen LogP) is 4.85. The zero-order chi connectivity index (χ0) is 25.1. The Morgan fingerprint density at radius 2 is 1.66 bits per heavy atom. The molecule has 7 nitrogen and oxygen atoms in total. The molecular formula is C28H34N2O5. The number of rotatable bonds is 10. The van der Waals surface area contributed by atoms with E-state index in [1.54, 1.807) is 6.92 Å². The second-order valence-corrected chi connectivity index (χ2v) is 10.1. The van der Waals surface area contributed by atoms with Crippen LogP contribution in [0, 0.1) is 5.41 Å². The zero-order valence-corrected chi connectivity index (χ0v) is 20.4. The maximum absolute atomic E-state index is 12.7. The van der Waals surface area contributed by atoms with E-state index in [1.165, 1.54) is 11.1 Å². The van der Waals surface area contributed by atoms with Crippen LogP contribution in [0.15, 0.2) is 48.5 Å². The summed E-state index contributed by atoms with van der Waals surface area (Å²) in [5, 5.41) is 15.1. The van der Waals surface area contributed by atoms with Crippen molar-refractivity contribution in [1.82, 2.24) is 10.6 Å². The molecule has 0 spiro atoms. The lowest BCUT2D eigenvalue weighted by Crippen LogP contribution is -2.54. The van der Waals surface area contributed by atoms with Crippen molar-refractivity contribution >= 4 is 18.0 Å². The van der Waals surface area contributed by atoms with Gasteiger partial charge in [0, 0.05) is 18.9 Å². The van der Waals surface area contributed by atoms with Gasteiger partial charge in [0.15, 0.2) is 0 Å². The first-order chi connectivity index (χ1) is 16.8. The van der Waals surface area contributed by atoms with Crippen LogP contribution in [0.2, 0.25) is 0 Å². The maximum atomic E-state index is 12.7. The van der Waals surface area contributed by atoms with Gasteiger partial charge in [-0.2, -0.15) is 0 Å². The van der Waals surface area contributed by atoms with E-state index in [9.17, 15) is 19.5 Å². The summed E-state index contributed by atoms with van der Waals surface area (Å²) in [4.78, 5) is 37.0. The van der Waals surface area contributed by atoms with Crippen molar-refractivity contribution in [2.24, 2.45) is 5.41 Å². The van der Waals surface area contributed by atoms with Gasteiger partial charge >= 0.3 is 12.1 Å². The standard InChI is InChI=1S/C28H34N2O5/c1-3-13-27(2,25(32)33)30-24(31)16-28(14-8-15-28)18-29-26(34)35-17-23-21-11-6-4-9-19(21)20-10-5-7-12-22(20)23/h4-7,9-12,23H,3,8,13-18H2,1-2H3,(H,29,34)(H,30,31)(H,32,33). The fraction of sp³-hybridized carbons (Fsp3) is 0.464. The number of hydrogen-bond acceptors (Lipinski definition) is 4. The number of amides is 2. The number of carbonyl (C=O) groups is 3. The first-order valence-corrected chi connectivity index (χ1v) is 12.4. The van der Waals surface area contributed by atoms with Gasteiger partial charge < -0.3 is 20.5 Å². The molecule has 1 fully saturated rings. The number of ether oxygens (including phenoxy) is 1. The Kier molecular flexibility index (Phi) is 7.15. The van der Waals surface area contributed by atoms with Gasteiger partial charge in [-0.15, -0.1) is 0 Å². The SMILES string of the molecule is CCCC(C)(NC(=O)CC1(CNC(=O)OCC2c3ccccc3-c3ccccc32)CCC1)C(=O)O. The highest BCUT2D eigenvalue weighted by Gasteiger charge is 2.42. The molecule has 2 aliphatic rings. The Labute approximate surface area is 206 Å². The summed E-state index contributed by atoms with van der Waals surface area (Å²) in [5.74, 6) is -1.34. The Morgan fingerprint density at radius 1 is 1.06 bits per heavy atom. The molecule has 0 radical (unpaired) electrons. The number of hydrogen-bond donors (Lipinski definition) is 3. The van der Waals surface area contributed by atoms with Crippen LogP contribution < -0.4 is 10.6 Å². The molecule has 2 aromatic rings. The summed E-state index contributed by atoms with van der Waals surface area (Å²) in [7, 11) is 0. The first kappa shape index (κ1) is 24.8. The smallest absolute Gasteiger partial charge is 0.407 e. The van der Waals surface area contributed by atoms with Crippen molar-refractivity contribution in [3.63, 3.8) is 0 Å². The molecule has 186 valence electrons. The molecule has 0 aromatic heterocycles. The lowest BCUT2D eigenvalue weighted by Gasteiger charge is -2.42. The van der Waals surface area contributed by atoms with Crippen LogP contribution in [0.4, 0.5) is 4.79 Å². The topological polar surface area (TPSA) is 105 Å². The number of carboxylic acid groups (broad SMARTS) is 1. The number of carbonyl (C=O) groups excluding carboxylic acids is 2. The van der Waals surface area contributed by atoms with Crippen molar-refractivity contribution in [2.75, 3.05) is 13.2 Å². The molecule has 2 aliphatic carbocycles. The molecule has 0 saturated heterocycles. The van der Waals surface area contributed by atoms with E-state index in [2.05, 4.69) is 34.9 Å². The molecule has 35 heavy (non-hydrogen) atoms. The van der Waals surface area contributed by atoms with E-state index in [4.69, 9.17) is 4.74 Å². The number of carboxylic acids is 1. The monoisotopic (exact) mass is 478 g/mol. The minimum atomic E-state index is -1.28. The second-order valence-electron chi connectivity index (χ2n) is 10.1. The van der Waals surface area contributed by atoms with Gasteiger partial charge in [0.25, 0.3) is 0 Å². The van der Waals surface area contributed by atoms with Crippen LogP contribution in [0.1, 0.15) is 69.4 Å². The van der Waals surface area contributed by atoms with Gasteiger partial charge in [-0.3, -0.25) is 4.79 Å². The van der Waals surface area contributed by atoms with Crippen molar-refractivity contribution in [2.45, 2.75) is 63.8 Å². The van der Waals surface area contributed by atoms with Crippen molar-refractivity contribution in [1.29, 1.82) is 0 Å². The number of aliphatic carboxylic acids is 1. The number of benzene rings is 2. The third-order valence-electron chi connectivity index (χ3n) is 7.54. The summed E-state index contributed by atoms with van der Waals surface area (Å²) in [6.07, 6.45) is 3.29. The van der Waals surface area contributed by atoms with Gasteiger partial charge in [-0.25, -0.2) is 9.59 Å². The highest BCUT2D eigenvalue weighted by atomic mass is 16.5. The molecule has 1 saturated carbocycles. The molecule has 4 rings (SSSR count). The van der Waals surface area contributed by atoms with Crippen LogP contribution in [0.3, 0.4) is 0 Å². The van der Waals surface area contributed by atoms with Gasteiger partial charge in [-0.1, -0.05) is 68.3 Å². The molecule has 0 aliphatic heterocycles. The van der Waals surface area contributed by atoms with Crippen molar-refractivity contribution < 1.29 is 24.2 Å². The van der Waals surface area contributed by atoms with E-state index in [0.717, 1.165) is 30.4 Å². The highest BCUT2D eigenvalue weighted by molar-refractivity contribution is 5.87. The number of nitrogens with one attached hydrogen (secondary N) is 2. The maximum Gasteiger partial charge on any atom is 0.407 e. The summed E-state index contributed by atoms with van der Waals surface area (Å²) >= 11 is 0. The van der Waals surface area contributed by atoms with E-state index in [1.807, 2.05) is 31.2 Å². The fourth-order valence-electron chi connectivity index (χ4n) is 5.42. The minimum absolute atomic E-state index is 0.0103. The predicted molar refractivity (Wildman–Crippen MR) is 133 cm³/mol. The second kappa shape index (κ2) is 10.1. The lowest BCUT2D eigenvalue weighted by molar-refractivity contribution is -0.147. The Morgan fingerprint density at radius 3 is 2.17 bits per heavy atom. The van der Waals surface area contributed by atoms with Crippen LogP contribution in [0.25, 0.3) is 11.1 Å². The zero-order valence-electron chi connectivity index (χ0n) is 20.4. The molecule has 3 N–H and O–H groups in total. The quantitative estimate of drug-likeness (QED) is 0.453. The summed E-state index contributed by atoms with van der Waals surface area (Å²) in [6.45, 7) is 3.99. The molecule has 2 aromatic carbocycles. The number of alkyl carbamates (subject to hydrolysis) is 1. The average Bonchev–Trinajstić information content (AvgIpc) is 3.13. The Hall–Kier alpha value is -3.35. The normalized spacial score (nSPS) is 17.3. The Bertz CT molecular complexity index is 1060. The van der Waals surface area contributed by atoms with E-state index in [-0.39, 0.29) is 30.3 Å². The van der Waals surface area contributed by atoms with Crippen LogP contribution >= 0.6 is 0 Å². The fourth-order valence-corrected chi connectivity index (χ4v) is 5.42. The minimum Gasteiger partial charge on any atom is -0.480 e. The van der Waals surface area contributed by atoms with Crippen LogP contribution in [0.5, 0.6) is 0 Å². The van der Waals surface area contributed by atoms with Gasteiger partial charge in [0.2, 0.25) is 5.91 Å². The average molecular weight is 479 g/mol. The van der Waals surface area contributed by atoms with E-state index < -0.39 is 17.6 Å². The summed E-state index contributed by atoms with van der Waals surface area (Å²) in [5.41, 5.74) is 3.02. The third-order valence-corrected chi connectivity index (χ3v) is 7.54. The Balaban J connectivity index is 1.32. The molecule has 1 unspecified atom stereocenters. The molecule has 0 bridgehead atoms. The van der Waals surface area contributed by atoms with Crippen LogP contribution in [-0.2, 0) is 14.3 Å². The summed E-state index contributed by atoms with van der Waals surface area (Å²) < 4.78 is 5.62. The third kappa shape index (κ3) is 5.19. The number of fused-ring (bicyclic) bond motifs is 3. The van der Waals surface area contributed by atoms with Gasteiger partial charge in [0.05, 0.1) is 0 Å². The molecular weight excluding hydrogens is 444 g/mol. The van der Waals surface area contributed by atoms with E-state index in [0.29, 0.717) is 19.4 Å². The van der Waals surface area contributed by atoms with E-state index >= 15 is 0 Å². The molecule has 0 heterocycles. The van der Waals surface area contributed by atoms with Crippen molar-refractivity contribution in [3.8, 4) is 11.1 Å². The van der Waals surface area contributed by atoms with Crippen molar-refractivity contribution in [3.05, 3.63) is 59.7 Å². The highest BCUT2D eigenvalue weighted by Crippen LogP contribution is 2.45. The van der Waals surface area contributed by atoms with Gasteiger partial charge in [0.1, 0.15) is 12.1 Å². The first-order valence-electron chi connectivity index (χ1n) is 12.4. The van der Waals surface area contributed by atoms with Crippen LogP contribution in [-0.4, -0.2) is 41.8 Å². The molecule has 1 atom stereocenters. The van der Waals surface area contributed by atoms with Gasteiger partial charge in [-0.05, 0) is 53.9 Å².